The van der Waals surface area contributed by atoms with Gasteiger partial charge in [0.05, 0.1) is 6.42 Å². The highest BCUT2D eigenvalue weighted by molar-refractivity contribution is 6.01. The molecule has 0 aromatic heterocycles. The van der Waals surface area contributed by atoms with Crippen LogP contribution in [-0.4, -0.2) is 12.5 Å². The van der Waals surface area contributed by atoms with E-state index in [9.17, 15) is 4.79 Å². The van der Waals surface area contributed by atoms with Crippen LogP contribution in [0.5, 0.6) is 0 Å². The van der Waals surface area contributed by atoms with E-state index in [-0.39, 0.29) is 5.91 Å². The van der Waals surface area contributed by atoms with E-state index in [0.29, 0.717) is 13.0 Å². The normalized spacial score (nSPS) is 14.4. The van der Waals surface area contributed by atoms with Crippen LogP contribution in [0.25, 0.3) is 0 Å². The molecule has 1 aromatic rings. The fourth-order valence-electron chi connectivity index (χ4n) is 1.76. The van der Waals surface area contributed by atoms with Crippen molar-refractivity contribution in [3.8, 4) is 0 Å². The Bertz CT molecular complexity index is 395. The monoisotopic (exact) mass is 187 g/mol. The van der Waals surface area contributed by atoms with Crippen LogP contribution in [0.1, 0.15) is 12.5 Å². The summed E-state index contributed by atoms with van der Waals surface area (Å²) >= 11 is 0. The Morgan fingerprint density at radius 3 is 2.93 bits per heavy atom. The first kappa shape index (κ1) is 9.00. The molecule has 0 saturated heterocycles. The van der Waals surface area contributed by atoms with Gasteiger partial charge in [-0.15, -0.1) is 0 Å². The second-order valence-electron chi connectivity index (χ2n) is 3.74. The fourth-order valence-corrected chi connectivity index (χ4v) is 1.76. The number of amides is 1. The van der Waals surface area contributed by atoms with Gasteiger partial charge in [0.2, 0.25) is 5.91 Å². The second-order valence-corrected chi connectivity index (χ2v) is 3.74. The first-order valence-corrected chi connectivity index (χ1v) is 4.71. The van der Waals surface area contributed by atoms with Gasteiger partial charge < -0.3 is 4.90 Å². The van der Waals surface area contributed by atoms with Gasteiger partial charge in [-0.25, -0.2) is 0 Å². The molecule has 1 aliphatic heterocycles. The van der Waals surface area contributed by atoms with E-state index in [1.165, 1.54) is 0 Å². The maximum atomic E-state index is 11.7. The summed E-state index contributed by atoms with van der Waals surface area (Å²) in [5.74, 6) is 0.175. The summed E-state index contributed by atoms with van der Waals surface area (Å²) in [5, 5.41) is 0. The van der Waals surface area contributed by atoms with Crippen molar-refractivity contribution in [1.82, 2.24) is 0 Å². The number of carbonyl (C=O) groups is 1. The molecule has 0 N–H and O–H groups in total. The molecule has 14 heavy (non-hydrogen) atoms. The van der Waals surface area contributed by atoms with E-state index in [4.69, 9.17) is 0 Å². The average molecular weight is 187 g/mol. The van der Waals surface area contributed by atoms with E-state index >= 15 is 0 Å². The molecule has 0 unspecified atom stereocenters. The van der Waals surface area contributed by atoms with Crippen molar-refractivity contribution in [2.24, 2.45) is 0 Å². The van der Waals surface area contributed by atoms with Gasteiger partial charge in [0.1, 0.15) is 0 Å². The lowest BCUT2D eigenvalue weighted by Crippen LogP contribution is -2.28. The molecular formula is C12H13NO. The van der Waals surface area contributed by atoms with Crippen LogP contribution in [0, 0.1) is 0 Å². The molecule has 72 valence electrons. The van der Waals surface area contributed by atoms with Crippen molar-refractivity contribution in [2.45, 2.75) is 13.3 Å². The van der Waals surface area contributed by atoms with Crippen LogP contribution < -0.4 is 4.90 Å². The molecule has 0 fully saturated rings. The van der Waals surface area contributed by atoms with Crippen LogP contribution >= 0.6 is 0 Å². The minimum atomic E-state index is 0.175. The first-order valence-electron chi connectivity index (χ1n) is 4.71. The number of hydrogen-bond donors (Lipinski definition) is 0. The summed E-state index contributed by atoms with van der Waals surface area (Å²) in [6.45, 7) is 6.41. The van der Waals surface area contributed by atoms with E-state index in [1.54, 1.807) is 4.90 Å². The lowest BCUT2D eigenvalue weighted by Gasteiger charge is -2.16. The van der Waals surface area contributed by atoms with Crippen LogP contribution in [-0.2, 0) is 11.2 Å². The Labute approximate surface area is 83.8 Å². The minimum Gasteiger partial charge on any atom is -0.308 e. The first-order chi connectivity index (χ1) is 6.68. The van der Waals surface area contributed by atoms with Gasteiger partial charge in [0, 0.05) is 12.2 Å². The molecule has 0 atom stereocenters. The minimum absolute atomic E-state index is 0.175. The zero-order valence-corrected chi connectivity index (χ0v) is 8.29. The van der Waals surface area contributed by atoms with Crippen molar-refractivity contribution in [1.29, 1.82) is 0 Å². The molecule has 1 aliphatic rings. The van der Waals surface area contributed by atoms with Crippen molar-refractivity contribution in [2.75, 3.05) is 11.4 Å². The van der Waals surface area contributed by atoms with Crippen molar-refractivity contribution < 1.29 is 4.79 Å². The summed E-state index contributed by atoms with van der Waals surface area (Å²) in [6.07, 6.45) is 0.531. The predicted molar refractivity (Wildman–Crippen MR) is 57.3 cm³/mol. The van der Waals surface area contributed by atoms with Crippen LogP contribution in [0.2, 0.25) is 0 Å². The summed E-state index contributed by atoms with van der Waals surface area (Å²) in [5.41, 5.74) is 3.18. The number of rotatable bonds is 2. The van der Waals surface area contributed by atoms with Crippen molar-refractivity contribution in [3.05, 3.63) is 42.0 Å². The van der Waals surface area contributed by atoms with Gasteiger partial charge in [-0.3, -0.25) is 4.79 Å². The fraction of sp³-hybridized carbons (Fsp3) is 0.250. The molecule has 0 saturated carbocycles. The number of para-hydroxylation sites is 1. The van der Waals surface area contributed by atoms with E-state index < -0.39 is 0 Å². The smallest absolute Gasteiger partial charge is 0.231 e. The highest BCUT2D eigenvalue weighted by atomic mass is 16.2. The largest absolute Gasteiger partial charge is 0.308 e. The standard InChI is InChI=1S/C12H13NO/c1-9(2)8-13-11-6-4-3-5-10(11)7-12(13)14/h3-6H,1,7-8H2,2H3. The van der Waals surface area contributed by atoms with Gasteiger partial charge >= 0.3 is 0 Å². The second kappa shape index (κ2) is 3.29. The summed E-state index contributed by atoms with van der Waals surface area (Å²) < 4.78 is 0. The Kier molecular flexibility index (Phi) is 2.12. The lowest BCUT2D eigenvalue weighted by atomic mass is 10.2. The zero-order chi connectivity index (χ0) is 10.1. The molecule has 2 nitrogen and oxygen atoms in total. The zero-order valence-electron chi connectivity index (χ0n) is 8.29. The van der Waals surface area contributed by atoms with Crippen LogP contribution in [0.3, 0.4) is 0 Å². The maximum Gasteiger partial charge on any atom is 0.231 e. The number of anilines is 1. The molecule has 1 aromatic carbocycles. The number of fused-ring (bicyclic) bond motifs is 1. The number of hydrogen-bond acceptors (Lipinski definition) is 1. The number of carbonyl (C=O) groups excluding carboxylic acids is 1. The molecule has 0 aliphatic carbocycles. The average Bonchev–Trinajstić information content (AvgIpc) is 2.43. The molecule has 0 radical (unpaired) electrons. The Balaban J connectivity index is 2.34. The number of benzene rings is 1. The topological polar surface area (TPSA) is 20.3 Å². The third kappa shape index (κ3) is 1.43. The summed E-state index contributed by atoms with van der Waals surface area (Å²) in [7, 11) is 0. The third-order valence-corrected chi connectivity index (χ3v) is 2.35. The highest BCUT2D eigenvalue weighted by Crippen LogP contribution is 2.28. The Hall–Kier alpha value is -1.57. The number of nitrogens with zero attached hydrogens (tertiary/aromatic N) is 1. The van der Waals surface area contributed by atoms with Gasteiger partial charge in [-0.2, -0.15) is 0 Å². The lowest BCUT2D eigenvalue weighted by molar-refractivity contribution is -0.117. The molecule has 2 heteroatoms. The summed E-state index contributed by atoms with van der Waals surface area (Å²) in [4.78, 5) is 13.5. The van der Waals surface area contributed by atoms with Crippen molar-refractivity contribution in [3.63, 3.8) is 0 Å². The van der Waals surface area contributed by atoms with Gasteiger partial charge in [0.15, 0.2) is 0 Å². The molecule has 1 heterocycles. The predicted octanol–water partition coefficient (Wildman–Crippen LogP) is 2.15. The quantitative estimate of drug-likeness (QED) is 0.650. The van der Waals surface area contributed by atoms with Crippen LogP contribution in [0.15, 0.2) is 36.4 Å². The van der Waals surface area contributed by atoms with Crippen LogP contribution in [0.4, 0.5) is 5.69 Å². The van der Waals surface area contributed by atoms with E-state index in [0.717, 1.165) is 16.8 Å². The summed E-state index contributed by atoms with van der Waals surface area (Å²) in [6, 6.07) is 7.92. The van der Waals surface area contributed by atoms with Gasteiger partial charge in [-0.05, 0) is 18.6 Å². The molecule has 0 bridgehead atoms. The van der Waals surface area contributed by atoms with Gasteiger partial charge in [-0.1, -0.05) is 30.4 Å². The molecular weight excluding hydrogens is 174 g/mol. The third-order valence-electron chi connectivity index (χ3n) is 2.35. The Morgan fingerprint density at radius 1 is 1.50 bits per heavy atom. The molecule has 2 rings (SSSR count). The van der Waals surface area contributed by atoms with E-state index in [1.807, 2.05) is 31.2 Å². The SMILES string of the molecule is C=C(C)CN1C(=O)Cc2ccccc21. The Morgan fingerprint density at radius 2 is 2.21 bits per heavy atom. The maximum absolute atomic E-state index is 11.7. The molecule has 1 amide bonds. The highest BCUT2D eigenvalue weighted by Gasteiger charge is 2.25. The molecule has 0 spiro atoms. The van der Waals surface area contributed by atoms with E-state index in [2.05, 4.69) is 6.58 Å². The van der Waals surface area contributed by atoms with Gasteiger partial charge in [0.25, 0.3) is 0 Å². The van der Waals surface area contributed by atoms with Crippen molar-refractivity contribution >= 4 is 11.6 Å².